The van der Waals surface area contributed by atoms with Crippen LogP contribution in [0.2, 0.25) is 0 Å². The molecule has 0 saturated heterocycles. The number of hydrogen-bond acceptors (Lipinski definition) is 3. The second kappa shape index (κ2) is 23.1. The molecule has 0 bridgehead atoms. The zero-order chi connectivity index (χ0) is 23.2. The van der Waals surface area contributed by atoms with Gasteiger partial charge in [0.15, 0.2) is 0 Å². The molecule has 31 heavy (non-hydrogen) atoms. The Morgan fingerprint density at radius 1 is 0.452 bits per heavy atom. The highest BCUT2D eigenvalue weighted by Gasteiger charge is 2.26. The normalized spacial score (nSPS) is 15.7. The van der Waals surface area contributed by atoms with Crippen LogP contribution in [0.25, 0.3) is 0 Å². The molecule has 188 valence electrons. The first-order valence-corrected chi connectivity index (χ1v) is 14.1. The molecule has 0 saturated carbocycles. The van der Waals surface area contributed by atoms with E-state index in [4.69, 9.17) is 4.74 Å². The zero-order valence-electron chi connectivity index (χ0n) is 21.8. The van der Waals surface area contributed by atoms with Gasteiger partial charge in [-0.2, -0.15) is 0 Å². The number of aliphatic hydroxyl groups is 2. The lowest BCUT2D eigenvalue weighted by atomic mass is 9.99. The summed E-state index contributed by atoms with van der Waals surface area (Å²) in [5.41, 5.74) is 0. The van der Waals surface area contributed by atoms with E-state index in [-0.39, 0.29) is 12.2 Å². The van der Waals surface area contributed by atoms with Crippen molar-refractivity contribution in [2.45, 2.75) is 181 Å². The lowest BCUT2D eigenvalue weighted by Crippen LogP contribution is -2.38. The first-order valence-electron chi connectivity index (χ1n) is 14.1. The van der Waals surface area contributed by atoms with Crippen LogP contribution >= 0.6 is 0 Å². The van der Waals surface area contributed by atoms with Crippen molar-refractivity contribution in [2.24, 2.45) is 0 Å². The summed E-state index contributed by atoms with van der Waals surface area (Å²) in [5.74, 6) is 0. The molecule has 0 aromatic heterocycles. The Kier molecular flexibility index (Phi) is 23.0. The minimum Gasteiger partial charge on any atom is -0.390 e. The van der Waals surface area contributed by atoms with Crippen molar-refractivity contribution in [2.75, 3.05) is 0 Å². The predicted molar refractivity (Wildman–Crippen MR) is 136 cm³/mol. The fourth-order valence-corrected chi connectivity index (χ4v) is 4.41. The third kappa shape index (κ3) is 18.0. The average molecular weight is 443 g/mol. The van der Waals surface area contributed by atoms with E-state index in [0.717, 1.165) is 25.7 Å². The molecule has 0 radical (unpaired) electrons. The Balaban J connectivity index is 4.28. The van der Waals surface area contributed by atoms with E-state index in [2.05, 4.69) is 13.8 Å². The van der Waals surface area contributed by atoms with Crippen LogP contribution in [-0.4, -0.2) is 34.6 Å². The van der Waals surface area contributed by atoms with E-state index < -0.39 is 12.2 Å². The van der Waals surface area contributed by atoms with Crippen molar-refractivity contribution in [3.8, 4) is 0 Å². The smallest absolute Gasteiger partial charge is 0.0838 e. The van der Waals surface area contributed by atoms with E-state index in [1.807, 2.05) is 13.8 Å². The molecule has 3 nitrogen and oxygen atoms in total. The Morgan fingerprint density at radius 3 is 1.03 bits per heavy atom. The molecule has 0 aliphatic rings. The van der Waals surface area contributed by atoms with E-state index in [1.165, 1.54) is 89.9 Å². The molecule has 4 unspecified atom stereocenters. The molecule has 0 rings (SSSR count). The maximum atomic E-state index is 10.5. The predicted octanol–water partition coefficient (Wildman–Crippen LogP) is 8.34. The maximum Gasteiger partial charge on any atom is 0.0838 e. The number of aliphatic hydroxyl groups excluding tert-OH is 2. The zero-order valence-corrected chi connectivity index (χ0v) is 21.8. The standard InChI is InChI=1S/C28H58O3/c1-5-9-11-13-15-17-19-21-23-27(25(29)7-3)31-28(26(30)8-4)24-22-20-18-16-14-12-10-6-2/h25-30H,5-24H2,1-4H3. The number of unbranched alkanes of at least 4 members (excludes halogenated alkanes) is 14. The van der Waals surface area contributed by atoms with Crippen LogP contribution in [-0.2, 0) is 4.74 Å². The quantitative estimate of drug-likeness (QED) is 0.148. The van der Waals surface area contributed by atoms with Crippen molar-refractivity contribution < 1.29 is 14.9 Å². The molecule has 4 atom stereocenters. The molecule has 0 aliphatic carbocycles. The minimum absolute atomic E-state index is 0.134. The van der Waals surface area contributed by atoms with Crippen LogP contribution < -0.4 is 0 Å². The number of ether oxygens (including phenoxy) is 1. The summed E-state index contributed by atoms with van der Waals surface area (Å²) in [7, 11) is 0. The van der Waals surface area contributed by atoms with Crippen molar-refractivity contribution in [1.29, 1.82) is 0 Å². The summed E-state index contributed by atoms with van der Waals surface area (Å²) in [6.45, 7) is 8.57. The Labute approximate surface area is 195 Å². The van der Waals surface area contributed by atoms with E-state index in [1.54, 1.807) is 0 Å². The maximum absolute atomic E-state index is 10.5. The SMILES string of the molecule is CCCCCCCCCCC(OC(CCCCCCCCCC)C(O)CC)C(O)CC. The van der Waals surface area contributed by atoms with Gasteiger partial charge in [0.1, 0.15) is 0 Å². The van der Waals surface area contributed by atoms with E-state index in [0.29, 0.717) is 12.8 Å². The number of rotatable bonds is 24. The summed E-state index contributed by atoms with van der Waals surface area (Å²) in [6.07, 6.45) is 22.8. The molecule has 0 aromatic carbocycles. The largest absolute Gasteiger partial charge is 0.390 e. The van der Waals surface area contributed by atoms with Crippen molar-refractivity contribution in [3.05, 3.63) is 0 Å². The van der Waals surface area contributed by atoms with Gasteiger partial charge in [-0.1, -0.05) is 130 Å². The van der Waals surface area contributed by atoms with Crippen molar-refractivity contribution in [1.82, 2.24) is 0 Å². The Morgan fingerprint density at radius 2 is 0.742 bits per heavy atom. The van der Waals surface area contributed by atoms with Crippen LogP contribution in [0.1, 0.15) is 156 Å². The molecule has 0 spiro atoms. The van der Waals surface area contributed by atoms with E-state index >= 15 is 0 Å². The van der Waals surface area contributed by atoms with Crippen LogP contribution in [0.4, 0.5) is 0 Å². The van der Waals surface area contributed by atoms with Gasteiger partial charge in [-0.15, -0.1) is 0 Å². The number of hydrogen-bond donors (Lipinski definition) is 2. The lowest BCUT2D eigenvalue weighted by molar-refractivity contribution is -0.123. The third-order valence-electron chi connectivity index (χ3n) is 6.73. The van der Waals surface area contributed by atoms with Gasteiger partial charge in [0.25, 0.3) is 0 Å². The van der Waals surface area contributed by atoms with Crippen LogP contribution in [0.5, 0.6) is 0 Å². The molecule has 0 aromatic rings. The first kappa shape index (κ1) is 30.9. The summed E-state index contributed by atoms with van der Waals surface area (Å²) in [5, 5.41) is 21.1. The lowest BCUT2D eigenvalue weighted by Gasteiger charge is -2.30. The summed E-state index contributed by atoms with van der Waals surface area (Å²) >= 11 is 0. The fraction of sp³-hybridized carbons (Fsp3) is 1.00. The highest BCUT2D eigenvalue weighted by atomic mass is 16.5. The van der Waals surface area contributed by atoms with Gasteiger partial charge in [-0.05, 0) is 25.7 Å². The second-order valence-corrected chi connectivity index (χ2v) is 9.69. The Hall–Kier alpha value is -0.120. The van der Waals surface area contributed by atoms with Gasteiger partial charge < -0.3 is 14.9 Å². The monoisotopic (exact) mass is 442 g/mol. The van der Waals surface area contributed by atoms with Gasteiger partial charge in [0.05, 0.1) is 24.4 Å². The Bertz CT molecular complexity index is 315. The molecule has 0 heterocycles. The van der Waals surface area contributed by atoms with Gasteiger partial charge in [0, 0.05) is 0 Å². The fourth-order valence-electron chi connectivity index (χ4n) is 4.41. The molecule has 0 fully saturated rings. The summed E-state index contributed by atoms with van der Waals surface area (Å²) in [4.78, 5) is 0. The van der Waals surface area contributed by atoms with Crippen molar-refractivity contribution >= 4 is 0 Å². The van der Waals surface area contributed by atoms with Crippen molar-refractivity contribution in [3.63, 3.8) is 0 Å². The third-order valence-corrected chi connectivity index (χ3v) is 6.73. The van der Waals surface area contributed by atoms with Crippen LogP contribution in [0, 0.1) is 0 Å². The molecule has 3 heteroatoms. The average Bonchev–Trinajstić information content (AvgIpc) is 2.79. The first-order chi connectivity index (χ1) is 15.1. The molecule has 0 aliphatic heterocycles. The molecular formula is C28H58O3. The highest BCUT2D eigenvalue weighted by Crippen LogP contribution is 2.22. The topological polar surface area (TPSA) is 49.7 Å². The summed E-state index contributed by atoms with van der Waals surface area (Å²) in [6, 6.07) is 0. The van der Waals surface area contributed by atoms with E-state index in [9.17, 15) is 10.2 Å². The molecule has 2 N–H and O–H groups in total. The molecular weight excluding hydrogens is 384 g/mol. The van der Waals surface area contributed by atoms with Crippen LogP contribution in [0.15, 0.2) is 0 Å². The highest BCUT2D eigenvalue weighted by molar-refractivity contribution is 4.75. The molecule has 0 amide bonds. The van der Waals surface area contributed by atoms with Gasteiger partial charge in [-0.25, -0.2) is 0 Å². The van der Waals surface area contributed by atoms with Gasteiger partial charge >= 0.3 is 0 Å². The van der Waals surface area contributed by atoms with Gasteiger partial charge in [0.2, 0.25) is 0 Å². The van der Waals surface area contributed by atoms with Gasteiger partial charge in [-0.3, -0.25) is 0 Å². The second-order valence-electron chi connectivity index (χ2n) is 9.69. The minimum atomic E-state index is -0.422. The summed E-state index contributed by atoms with van der Waals surface area (Å²) < 4.78 is 6.38. The van der Waals surface area contributed by atoms with Crippen LogP contribution in [0.3, 0.4) is 0 Å².